The van der Waals surface area contributed by atoms with Crippen LogP contribution in [0.25, 0.3) is 5.57 Å². The zero-order chi connectivity index (χ0) is 18.0. The van der Waals surface area contributed by atoms with Crippen molar-refractivity contribution in [3.05, 3.63) is 70.6 Å². The number of aliphatic imine (C=N–C) groups is 1. The number of rotatable bonds is 3. The molecule has 2 unspecified atom stereocenters. The van der Waals surface area contributed by atoms with Gasteiger partial charge in [-0.05, 0) is 48.7 Å². The molecule has 25 heavy (non-hydrogen) atoms. The van der Waals surface area contributed by atoms with E-state index < -0.39 is 5.92 Å². The van der Waals surface area contributed by atoms with Gasteiger partial charge < -0.3 is 4.74 Å². The summed E-state index contributed by atoms with van der Waals surface area (Å²) < 4.78 is 5.07. The fourth-order valence-electron chi connectivity index (χ4n) is 3.40. The molecular formula is C20H19ClN2O2. The van der Waals surface area contributed by atoms with Crippen LogP contribution in [0.1, 0.15) is 30.9 Å². The number of halogens is 1. The van der Waals surface area contributed by atoms with Crippen molar-refractivity contribution < 1.29 is 9.53 Å². The van der Waals surface area contributed by atoms with Gasteiger partial charge >= 0.3 is 5.97 Å². The molecule has 5 heteroatoms. The van der Waals surface area contributed by atoms with E-state index >= 15 is 0 Å². The summed E-state index contributed by atoms with van der Waals surface area (Å²) in [6.45, 7) is 3.83. The molecule has 0 aliphatic carbocycles. The SMILES string of the molecule is COC(=O)C1C(C)=NC(C)=C(c2cccnc2)C1c1ccc(Cl)cc1. The van der Waals surface area contributed by atoms with Crippen molar-refractivity contribution in [3.8, 4) is 0 Å². The number of aromatic nitrogens is 1. The van der Waals surface area contributed by atoms with E-state index in [9.17, 15) is 4.79 Å². The molecule has 0 saturated heterocycles. The zero-order valence-electron chi connectivity index (χ0n) is 14.4. The Balaban J connectivity index is 2.22. The van der Waals surface area contributed by atoms with Crippen molar-refractivity contribution in [2.45, 2.75) is 19.8 Å². The summed E-state index contributed by atoms with van der Waals surface area (Å²) in [5.41, 5.74) is 4.55. The Labute approximate surface area is 152 Å². The summed E-state index contributed by atoms with van der Waals surface area (Å²) in [5, 5.41) is 0.656. The Morgan fingerprint density at radius 3 is 2.48 bits per heavy atom. The Hall–Kier alpha value is -2.46. The average Bonchev–Trinajstić information content (AvgIpc) is 2.62. The quantitative estimate of drug-likeness (QED) is 0.762. The van der Waals surface area contributed by atoms with Crippen LogP contribution in [0.15, 0.2) is 59.5 Å². The topological polar surface area (TPSA) is 51.5 Å². The highest BCUT2D eigenvalue weighted by atomic mass is 35.5. The summed E-state index contributed by atoms with van der Waals surface area (Å²) in [6, 6.07) is 11.4. The van der Waals surface area contributed by atoms with Crippen LogP contribution in [0.5, 0.6) is 0 Å². The molecule has 0 bridgehead atoms. The lowest BCUT2D eigenvalue weighted by Crippen LogP contribution is -2.33. The molecule has 0 amide bonds. The van der Waals surface area contributed by atoms with Crippen LogP contribution in [0.4, 0.5) is 0 Å². The molecule has 1 aliphatic heterocycles. The Bertz CT molecular complexity index is 842. The maximum absolute atomic E-state index is 12.5. The first-order valence-electron chi connectivity index (χ1n) is 8.02. The summed E-state index contributed by atoms with van der Waals surface area (Å²) in [7, 11) is 1.41. The number of carbonyl (C=O) groups is 1. The normalized spacial score (nSPS) is 20.2. The molecule has 2 aromatic rings. The maximum atomic E-state index is 12.5. The Morgan fingerprint density at radius 2 is 1.88 bits per heavy atom. The standard InChI is InChI=1S/C20H19ClN2O2/c1-12-17(15-5-4-10-22-11-15)19(14-6-8-16(21)9-7-14)18(13(2)23-12)20(24)25-3/h4-11,18-19H,1-3H3. The fourth-order valence-corrected chi connectivity index (χ4v) is 3.53. The molecule has 0 fully saturated rings. The van der Waals surface area contributed by atoms with Crippen LogP contribution < -0.4 is 0 Å². The number of ether oxygens (including phenoxy) is 1. The third-order valence-corrected chi connectivity index (χ3v) is 4.74. The number of benzene rings is 1. The molecule has 3 rings (SSSR count). The van der Waals surface area contributed by atoms with Gasteiger partial charge in [0.2, 0.25) is 0 Å². The van der Waals surface area contributed by atoms with Crippen molar-refractivity contribution in [2.75, 3.05) is 7.11 Å². The average molecular weight is 355 g/mol. The van der Waals surface area contributed by atoms with Gasteiger partial charge in [0.1, 0.15) is 5.92 Å². The molecule has 1 aliphatic rings. The third-order valence-electron chi connectivity index (χ3n) is 4.49. The lowest BCUT2D eigenvalue weighted by molar-refractivity contribution is -0.143. The molecule has 0 saturated carbocycles. The summed E-state index contributed by atoms with van der Waals surface area (Å²) in [6.07, 6.45) is 3.53. The molecule has 2 heterocycles. The van der Waals surface area contributed by atoms with Crippen LogP contribution >= 0.6 is 11.6 Å². The van der Waals surface area contributed by atoms with Crippen LogP contribution in [0.3, 0.4) is 0 Å². The number of carbonyl (C=O) groups excluding carboxylic acids is 1. The van der Waals surface area contributed by atoms with Crippen molar-refractivity contribution in [3.63, 3.8) is 0 Å². The van der Waals surface area contributed by atoms with Crippen molar-refractivity contribution in [1.29, 1.82) is 0 Å². The summed E-state index contributed by atoms with van der Waals surface area (Å²) >= 11 is 6.05. The minimum Gasteiger partial charge on any atom is -0.468 e. The lowest BCUT2D eigenvalue weighted by atomic mass is 9.74. The predicted octanol–water partition coefficient (Wildman–Crippen LogP) is 4.51. The van der Waals surface area contributed by atoms with E-state index in [-0.39, 0.29) is 11.9 Å². The molecule has 2 atom stereocenters. The van der Waals surface area contributed by atoms with Crippen molar-refractivity contribution in [1.82, 2.24) is 4.98 Å². The Kier molecular flexibility index (Phi) is 5.00. The number of nitrogens with zero attached hydrogens (tertiary/aromatic N) is 2. The van der Waals surface area contributed by atoms with E-state index in [1.807, 2.05) is 50.2 Å². The smallest absolute Gasteiger partial charge is 0.315 e. The van der Waals surface area contributed by atoms with Gasteiger partial charge in [-0.25, -0.2) is 0 Å². The third kappa shape index (κ3) is 3.35. The van der Waals surface area contributed by atoms with Gasteiger partial charge in [-0.15, -0.1) is 0 Å². The summed E-state index contributed by atoms with van der Waals surface area (Å²) in [5.74, 6) is -0.980. The maximum Gasteiger partial charge on any atom is 0.315 e. The van der Waals surface area contributed by atoms with Gasteiger partial charge in [0.15, 0.2) is 0 Å². The number of esters is 1. The molecule has 1 aromatic heterocycles. The molecular weight excluding hydrogens is 336 g/mol. The molecule has 0 N–H and O–H groups in total. The first-order chi connectivity index (χ1) is 12.0. The van der Waals surface area contributed by atoms with Crippen molar-refractivity contribution in [2.24, 2.45) is 10.9 Å². The van der Waals surface area contributed by atoms with Gasteiger partial charge in [0.05, 0.1) is 7.11 Å². The first-order valence-corrected chi connectivity index (χ1v) is 8.40. The van der Waals surface area contributed by atoms with Crippen molar-refractivity contribution >= 4 is 28.9 Å². The first kappa shape index (κ1) is 17.4. The highest BCUT2D eigenvalue weighted by Gasteiger charge is 2.39. The Morgan fingerprint density at radius 1 is 1.16 bits per heavy atom. The number of hydrogen-bond donors (Lipinski definition) is 0. The van der Waals surface area contributed by atoms with Crippen LogP contribution in [-0.2, 0) is 9.53 Å². The molecule has 1 aromatic carbocycles. The molecule has 4 nitrogen and oxygen atoms in total. The highest BCUT2D eigenvalue weighted by molar-refractivity contribution is 6.30. The van der Waals surface area contributed by atoms with E-state index in [0.717, 1.165) is 28.1 Å². The highest BCUT2D eigenvalue weighted by Crippen LogP contribution is 2.44. The fraction of sp³-hybridized carbons (Fsp3) is 0.250. The zero-order valence-corrected chi connectivity index (χ0v) is 15.1. The second-order valence-corrected chi connectivity index (χ2v) is 6.46. The van der Waals surface area contributed by atoms with E-state index in [1.54, 1.807) is 12.4 Å². The predicted molar refractivity (Wildman–Crippen MR) is 99.6 cm³/mol. The van der Waals surface area contributed by atoms with Crippen LogP contribution in [0, 0.1) is 5.92 Å². The minimum absolute atomic E-state index is 0.202. The van der Waals surface area contributed by atoms with E-state index in [4.69, 9.17) is 16.3 Å². The largest absolute Gasteiger partial charge is 0.468 e. The number of methoxy groups -OCH3 is 1. The van der Waals surface area contributed by atoms with Gasteiger partial charge in [-0.1, -0.05) is 29.8 Å². The van der Waals surface area contributed by atoms with Gasteiger partial charge in [0.25, 0.3) is 0 Å². The van der Waals surface area contributed by atoms with Crippen LogP contribution in [0.2, 0.25) is 5.02 Å². The second-order valence-electron chi connectivity index (χ2n) is 6.02. The number of hydrogen-bond acceptors (Lipinski definition) is 4. The number of allylic oxidation sites excluding steroid dienone is 2. The van der Waals surface area contributed by atoms with E-state index in [0.29, 0.717) is 5.02 Å². The van der Waals surface area contributed by atoms with E-state index in [2.05, 4.69) is 9.98 Å². The van der Waals surface area contributed by atoms with Gasteiger partial charge in [-0.3, -0.25) is 14.8 Å². The molecule has 0 radical (unpaired) electrons. The molecule has 128 valence electrons. The second kappa shape index (κ2) is 7.19. The number of pyridine rings is 1. The monoisotopic (exact) mass is 354 g/mol. The van der Waals surface area contributed by atoms with E-state index in [1.165, 1.54) is 7.11 Å². The molecule has 0 spiro atoms. The summed E-state index contributed by atoms with van der Waals surface area (Å²) in [4.78, 5) is 21.4. The minimum atomic E-state index is -0.481. The lowest BCUT2D eigenvalue weighted by Gasteiger charge is -2.32. The van der Waals surface area contributed by atoms with Gasteiger partial charge in [-0.2, -0.15) is 0 Å². The van der Waals surface area contributed by atoms with Crippen LogP contribution in [-0.4, -0.2) is 23.8 Å². The van der Waals surface area contributed by atoms with Gasteiger partial charge in [0, 0.05) is 34.7 Å².